The van der Waals surface area contributed by atoms with Crippen LogP contribution in [0.1, 0.15) is 36.8 Å². The number of carbonyl (C=O) groups excluding carboxylic acids is 1. The summed E-state index contributed by atoms with van der Waals surface area (Å²) in [5.74, 6) is 0.0538. The molecule has 28 heavy (non-hydrogen) atoms. The van der Waals surface area contributed by atoms with Gasteiger partial charge in [0.1, 0.15) is 5.41 Å². The summed E-state index contributed by atoms with van der Waals surface area (Å²) in [4.78, 5) is 21.5. The molecule has 5 heteroatoms. The van der Waals surface area contributed by atoms with E-state index in [2.05, 4.69) is 46.3 Å². The van der Waals surface area contributed by atoms with Gasteiger partial charge in [-0.25, -0.2) is 0 Å². The smallest absolute Gasteiger partial charge is 0.243 e. The maximum absolute atomic E-state index is 12.8. The molecule has 142 valence electrons. The number of nitrogens with zero attached hydrogens (tertiary/aromatic N) is 4. The largest absolute Gasteiger partial charge is 0.365 e. The maximum Gasteiger partial charge on any atom is 0.243 e. The predicted octanol–water partition coefficient (Wildman–Crippen LogP) is 3.27. The number of aromatic nitrogens is 1. The van der Waals surface area contributed by atoms with Gasteiger partial charge in [-0.05, 0) is 48.9 Å². The second kappa shape index (κ2) is 6.34. The van der Waals surface area contributed by atoms with E-state index in [0.717, 1.165) is 57.5 Å². The van der Waals surface area contributed by atoms with Crippen LogP contribution in [0.25, 0.3) is 0 Å². The van der Waals surface area contributed by atoms with Gasteiger partial charge in [0.25, 0.3) is 0 Å². The Balaban J connectivity index is 1.42. The SMILES string of the molecule is N#CC1(C(=O)N2CCC3(CC2)CN(c2cccnc2)Cc2ccccc23)CC1. The number of fused-ring (bicyclic) bond motifs is 2. The number of pyridine rings is 1. The lowest BCUT2D eigenvalue weighted by atomic mass is 9.68. The van der Waals surface area contributed by atoms with Gasteiger partial charge in [0.2, 0.25) is 5.91 Å². The zero-order valence-electron chi connectivity index (χ0n) is 16.0. The Labute approximate surface area is 165 Å². The summed E-state index contributed by atoms with van der Waals surface area (Å²) in [7, 11) is 0. The Hall–Kier alpha value is -2.87. The Morgan fingerprint density at radius 2 is 1.86 bits per heavy atom. The number of rotatable bonds is 2. The minimum absolute atomic E-state index is 0.0465. The number of piperidine rings is 1. The molecule has 1 spiro atoms. The van der Waals surface area contributed by atoms with Gasteiger partial charge in [0.05, 0.1) is 18.0 Å². The van der Waals surface area contributed by atoms with Gasteiger partial charge in [0.15, 0.2) is 0 Å². The standard InChI is InChI=1S/C23H24N4O/c24-16-22(7-8-22)21(28)26-12-9-23(10-13-26)17-27(19-5-3-11-25-14-19)15-18-4-1-2-6-20(18)23/h1-6,11,14H,7-10,12-13,15,17H2. The average molecular weight is 372 g/mol. The molecule has 0 unspecified atom stereocenters. The van der Waals surface area contributed by atoms with Crippen molar-refractivity contribution in [3.05, 3.63) is 59.9 Å². The lowest BCUT2D eigenvalue weighted by molar-refractivity contribution is -0.136. The fraction of sp³-hybridized carbons (Fsp3) is 0.435. The first-order valence-corrected chi connectivity index (χ1v) is 10.1. The van der Waals surface area contributed by atoms with Gasteiger partial charge < -0.3 is 9.80 Å². The van der Waals surface area contributed by atoms with Gasteiger partial charge in [-0.15, -0.1) is 0 Å². The first-order valence-electron chi connectivity index (χ1n) is 10.1. The number of benzene rings is 1. The summed E-state index contributed by atoms with van der Waals surface area (Å²) in [6.07, 6.45) is 7.07. The quantitative estimate of drug-likeness (QED) is 0.812. The second-order valence-corrected chi connectivity index (χ2v) is 8.49. The first kappa shape index (κ1) is 17.2. The van der Waals surface area contributed by atoms with Gasteiger partial charge >= 0.3 is 0 Å². The van der Waals surface area contributed by atoms with Crippen LogP contribution in [0.15, 0.2) is 48.8 Å². The summed E-state index contributed by atoms with van der Waals surface area (Å²) in [5, 5.41) is 9.38. The number of carbonyl (C=O) groups is 1. The first-order chi connectivity index (χ1) is 13.7. The van der Waals surface area contributed by atoms with E-state index < -0.39 is 5.41 Å². The molecule has 0 atom stereocenters. The van der Waals surface area contributed by atoms with E-state index >= 15 is 0 Å². The molecule has 3 aliphatic rings. The number of anilines is 1. The summed E-state index contributed by atoms with van der Waals surface area (Å²) in [6, 6.07) is 15.1. The number of likely N-dealkylation sites (tertiary alicyclic amines) is 1. The number of hydrogen-bond acceptors (Lipinski definition) is 4. The van der Waals surface area contributed by atoms with Crippen LogP contribution >= 0.6 is 0 Å². The van der Waals surface area contributed by atoms with Crippen molar-refractivity contribution in [1.29, 1.82) is 5.26 Å². The molecular weight excluding hydrogens is 348 g/mol. The Morgan fingerprint density at radius 3 is 2.54 bits per heavy atom. The fourth-order valence-electron chi connectivity index (χ4n) is 4.98. The molecule has 2 aromatic rings. The van der Waals surface area contributed by atoms with Crippen LogP contribution < -0.4 is 4.90 Å². The van der Waals surface area contributed by atoms with E-state index in [1.807, 2.05) is 23.4 Å². The summed E-state index contributed by atoms with van der Waals surface area (Å²) in [5.41, 5.74) is 3.29. The molecule has 2 fully saturated rings. The molecule has 1 saturated heterocycles. The summed E-state index contributed by atoms with van der Waals surface area (Å²) < 4.78 is 0. The lowest BCUT2D eigenvalue weighted by Gasteiger charge is -2.49. The summed E-state index contributed by atoms with van der Waals surface area (Å²) in [6.45, 7) is 3.31. The van der Waals surface area contributed by atoms with E-state index in [4.69, 9.17) is 0 Å². The van der Waals surface area contributed by atoms with E-state index in [1.165, 1.54) is 11.1 Å². The lowest BCUT2D eigenvalue weighted by Crippen LogP contribution is -2.54. The van der Waals surface area contributed by atoms with Crippen molar-refractivity contribution >= 4 is 11.6 Å². The minimum atomic E-state index is -0.712. The Kier molecular flexibility index (Phi) is 3.90. The molecule has 5 nitrogen and oxygen atoms in total. The van der Waals surface area contributed by atoms with Crippen LogP contribution in [0.4, 0.5) is 5.69 Å². The monoisotopic (exact) mass is 372 g/mol. The number of amides is 1. The molecule has 1 aromatic heterocycles. The molecule has 2 aliphatic heterocycles. The number of hydrogen-bond donors (Lipinski definition) is 0. The van der Waals surface area contributed by atoms with Gasteiger partial charge in [-0.1, -0.05) is 24.3 Å². The Bertz CT molecular complexity index is 937. The maximum atomic E-state index is 12.8. The van der Waals surface area contributed by atoms with Crippen LogP contribution in [0.2, 0.25) is 0 Å². The van der Waals surface area contributed by atoms with Gasteiger partial charge in [-0.3, -0.25) is 9.78 Å². The van der Waals surface area contributed by atoms with Crippen LogP contribution in [-0.2, 0) is 16.8 Å². The molecule has 0 radical (unpaired) electrons. The van der Waals surface area contributed by atoms with Crippen molar-refractivity contribution in [2.75, 3.05) is 24.5 Å². The third-order valence-electron chi connectivity index (χ3n) is 6.84. The number of nitriles is 1. The fourth-order valence-corrected chi connectivity index (χ4v) is 4.98. The molecular formula is C23H24N4O. The van der Waals surface area contributed by atoms with Crippen molar-refractivity contribution < 1.29 is 4.79 Å². The van der Waals surface area contributed by atoms with Crippen LogP contribution in [0.3, 0.4) is 0 Å². The molecule has 1 aliphatic carbocycles. The van der Waals surface area contributed by atoms with Crippen molar-refractivity contribution in [2.24, 2.45) is 5.41 Å². The third-order valence-corrected chi connectivity index (χ3v) is 6.84. The molecule has 1 amide bonds. The van der Waals surface area contributed by atoms with E-state index in [0.29, 0.717) is 0 Å². The van der Waals surface area contributed by atoms with Crippen LogP contribution in [0, 0.1) is 16.7 Å². The van der Waals surface area contributed by atoms with Crippen molar-refractivity contribution in [3.63, 3.8) is 0 Å². The zero-order chi connectivity index (χ0) is 19.2. The predicted molar refractivity (Wildman–Crippen MR) is 107 cm³/mol. The molecule has 1 aromatic carbocycles. The van der Waals surface area contributed by atoms with E-state index in [9.17, 15) is 10.1 Å². The van der Waals surface area contributed by atoms with Crippen molar-refractivity contribution in [3.8, 4) is 6.07 Å². The van der Waals surface area contributed by atoms with Crippen molar-refractivity contribution in [2.45, 2.75) is 37.6 Å². The highest BCUT2D eigenvalue weighted by molar-refractivity contribution is 5.88. The van der Waals surface area contributed by atoms with Gasteiger partial charge in [-0.2, -0.15) is 5.26 Å². The van der Waals surface area contributed by atoms with E-state index in [-0.39, 0.29) is 11.3 Å². The zero-order valence-corrected chi connectivity index (χ0v) is 16.0. The summed E-state index contributed by atoms with van der Waals surface area (Å²) >= 11 is 0. The molecule has 5 rings (SSSR count). The molecule has 0 N–H and O–H groups in total. The minimum Gasteiger partial charge on any atom is -0.365 e. The second-order valence-electron chi connectivity index (χ2n) is 8.49. The topological polar surface area (TPSA) is 60.2 Å². The molecule has 3 heterocycles. The Morgan fingerprint density at radius 1 is 1.07 bits per heavy atom. The molecule has 1 saturated carbocycles. The van der Waals surface area contributed by atoms with Crippen LogP contribution in [0.5, 0.6) is 0 Å². The third kappa shape index (κ3) is 2.67. The van der Waals surface area contributed by atoms with Gasteiger partial charge in [0, 0.05) is 37.8 Å². The highest BCUT2D eigenvalue weighted by atomic mass is 16.2. The van der Waals surface area contributed by atoms with Crippen molar-refractivity contribution in [1.82, 2.24) is 9.88 Å². The average Bonchev–Trinajstić information content (AvgIpc) is 3.56. The highest BCUT2D eigenvalue weighted by Gasteiger charge is 2.54. The molecule has 0 bridgehead atoms. The van der Waals surface area contributed by atoms with E-state index in [1.54, 1.807) is 0 Å². The van der Waals surface area contributed by atoms with Crippen LogP contribution in [-0.4, -0.2) is 35.4 Å². The highest BCUT2D eigenvalue weighted by Crippen LogP contribution is 2.48. The normalized spacial score (nSPS) is 21.7.